The molecule has 1 fully saturated rings. The van der Waals surface area contributed by atoms with Crippen molar-refractivity contribution in [3.05, 3.63) is 42.2 Å². The van der Waals surface area contributed by atoms with Gasteiger partial charge in [0.15, 0.2) is 5.82 Å². The number of hydrogen-bond acceptors (Lipinski definition) is 6. The molecule has 0 bridgehead atoms. The van der Waals surface area contributed by atoms with Crippen LogP contribution in [-0.2, 0) is 4.79 Å². The van der Waals surface area contributed by atoms with Crippen molar-refractivity contribution >= 4 is 17.8 Å². The van der Waals surface area contributed by atoms with Gasteiger partial charge in [-0.05, 0) is 19.1 Å². The van der Waals surface area contributed by atoms with Crippen molar-refractivity contribution in [1.82, 2.24) is 15.0 Å². The number of piperazine rings is 1. The van der Waals surface area contributed by atoms with Gasteiger partial charge < -0.3 is 19.5 Å². The van der Waals surface area contributed by atoms with Gasteiger partial charge in [0.05, 0.1) is 0 Å². The topological polar surface area (TPSA) is 87.9 Å². The van der Waals surface area contributed by atoms with Crippen molar-refractivity contribution in [3.8, 4) is 5.75 Å². The Balaban J connectivity index is 1.37. The first kappa shape index (κ1) is 17.9. The normalized spacial score (nSPS) is 14.9. The number of ether oxygens (including phenoxy) is 1. The van der Waals surface area contributed by atoms with Gasteiger partial charge in [-0.25, -0.2) is 4.79 Å². The fourth-order valence-electron chi connectivity index (χ4n) is 2.70. The van der Waals surface area contributed by atoms with E-state index < -0.39 is 0 Å². The standard InChI is InChI=1S/C18H22N4O4/c1-14-13-16(20-26-14)19-17(23)7-8-21-9-11-22(12-10-21)18(24)25-15-5-3-2-4-6-15/h2-6,13H,7-12H2,1H3,(H,19,20,23). The van der Waals surface area contributed by atoms with E-state index in [0.29, 0.717) is 56.5 Å². The Morgan fingerprint density at radius 1 is 1.19 bits per heavy atom. The summed E-state index contributed by atoms with van der Waals surface area (Å²) in [7, 11) is 0. The van der Waals surface area contributed by atoms with Crippen LogP contribution in [0.4, 0.5) is 10.6 Å². The lowest BCUT2D eigenvalue weighted by molar-refractivity contribution is -0.116. The number of carbonyl (C=O) groups excluding carboxylic acids is 2. The van der Waals surface area contributed by atoms with Crippen LogP contribution in [0.25, 0.3) is 0 Å². The summed E-state index contributed by atoms with van der Waals surface area (Å²) in [5.41, 5.74) is 0. The van der Waals surface area contributed by atoms with Crippen LogP contribution in [0.2, 0.25) is 0 Å². The first-order valence-electron chi connectivity index (χ1n) is 8.57. The predicted octanol–water partition coefficient (Wildman–Crippen LogP) is 2.13. The average Bonchev–Trinajstić information content (AvgIpc) is 3.06. The average molecular weight is 358 g/mol. The summed E-state index contributed by atoms with van der Waals surface area (Å²) in [6.07, 6.45) is 0.0235. The first-order valence-corrected chi connectivity index (χ1v) is 8.57. The van der Waals surface area contributed by atoms with E-state index in [1.807, 2.05) is 18.2 Å². The molecule has 0 aliphatic carbocycles. The lowest BCUT2D eigenvalue weighted by atomic mass is 10.3. The van der Waals surface area contributed by atoms with E-state index >= 15 is 0 Å². The summed E-state index contributed by atoms with van der Waals surface area (Å²) in [5.74, 6) is 1.52. The molecule has 1 aliphatic heterocycles. The third-order valence-corrected chi connectivity index (χ3v) is 4.13. The number of aromatic nitrogens is 1. The Kier molecular flexibility index (Phi) is 5.85. The van der Waals surface area contributed by atoms with E-state index in [4.69, 9.17) is 9.26 Å². The number of para-hydroxylation sites is 1. The molecule has 8 nitrogen and oxygen atoms in total. The minimum Gasteiger partial charge on any atom is -0.410 e. The molecular formula is C18H22N4O4. The number of carbonyl (C=O) groups is 2. The first-order chi connectivity index (χ1) is 12.6. The molecule has 1 aromatic carbocycles. The molecular weight excluding hydrogens is 336 g/mol. The predicted molar refractivity (Wildman–Crippen MR) is 95.0 cm³/mol. The Morgan fingerprint density at radius 3 is 2.58 bits per heavy atom. The molecule has 0 radical (unpaired) electrons. The van der Waals surface area contributed by atoms with Crippen molar-refractivity contribution in [2.75, 3.05) is 38.0 Å². The summed E-state index contributed by atoms with van der Waals surface area (Å²) in [6, 6.07) is 10.7. The highest BCUT2D eigenvalue weighted by molar-refractivity contribution is 5.89. The maximum Gasteiger partial charge on any atom is 0.415 e. The van der Waals surface area contributed by atoms with Gasteiger partial charge in [-0.3, -0.25) is 9.69 Å². The second-order valence-corrected chi connectivity index (χ2v) is 6.13. The highest BCUT2D eigenvalue weighted by atomic mass is 16.6. The second kappa shape index (κ2) is 8.48. The van der Waals surface area contributed by atoms with Crippen LogP contribution in [-0.4, -0.2) is 59.7 Å². The Morgan fingerprint density at radius 2 is 1.92 bits per heavy atom. The summed E-state index contributed by atoms with van der Waals surface area (Å²) in [4.78, 5) is 27.9. The minimum absolute atomic E-state index is 0.107. The highest BCUT2D eigenvalue weighted by Gasteiger charge is 2.22. The lowest BCUT2D eigenvalue weighted by Crippen LogP contribution is -2.50. The zero-order valence-electron chi connectivity index (χ0n) is 14.7. The molecule has 2 heterocycles. The number of rotatable bonds is 5. The number of aryl methyl sites for hydroxylation is 1. The summed E-state index contributed by atoms with van der Waals surface area (Å²) >= 11 is 0. The molecule has 3 rings (SSSR count). The second-order valence-electron chi connectivity index (χ2n) is 6.13. The summed E-state index contributed by atoms with van der Waals surface area (Å²) < 4.78 is 10.3. The van der Waals surface area contributed by atoms with Crippen LogP contribution >= 0.6 is 0 Å². The molecule has 1 N–H and O–H groups in total. The SMILES string of the molecule is Cc1cc(NC(=O)CCN2CCN(C(=O)Oc3ccccc3)CC2)no1. The number of nitrogens with one attached hydrogen (secondary N) is 1. The quantitative estimate of drug-likeness (QED) is 0.881. The number of hydrogen-bond donors (Lipinski definition) is 1. The van der Waals surface area contributed by atoms with Crippen LogP contribution in [0.3, 0.4) is 0 Å². The van der Waals surface area contributed by atoms with Crippen molar-refractivity contribution in [2.45, 2.75) is 13.3 Å². The van der Waals surface area contributed by atoms with Crippen LogP contribution < -0.4 is 10.1 Å². The number of anilines is 1. The van der Waals surface area contributed by atoms with Gasteiger partial charge >= 0.3 is 6.09 Å². The van der Waals surface area contributed by atoms with Crippen molar-refractivity contribution in [2.24, 2.45) is 0 Å². The van der Waals surface area contributed by atoms with Crippen LogP contribution in [0.1, 0.15) is 12.2 Å². The van der Waals surface area contributed by atoms with E-state index in [1.165, 1.54) is 0 Å². The van der Waals surface area contributed by atoms with E-state index in [-0.39, 0.29) is 12.0 Å². The van der Waals surface area contributed by atoms with Crippen molar-refractivity contribution in [3.63, 3.8) is 0 Å². The molecule has 2 aromatic rings. The zero-order chi connectivity index (χ0) is 18.4. The summed E-state index contributed by atoms with van der Waals surface area (Å²) in [5, 5.41) is 6.44. The molecule has 26 heavy (non-hydrogen) atoms. The van der Waals surface area contributed by atoms with Crippen molar-refractivity contribution < 1.29 is 18.8 Å². The van der Waals surface area contributed by atoms with Gasteiger partial charge in [0.2, 0.25) is 5.91 Å². The molecule has 138 valence electrons. The fourth-order valence-corrected chi connectivity index (χ4v) is 2.70. The largest absolute Gasteiger partial charge is 0.415 e. The molecule has 0 atom stereocenters. The molecule has 0 saturated carbocycles. The number of nitrogens with zero attached hydrogens (tertiary/aromatic N) is 3. The van der Waals surface area contributed by atoms with Gasteiger partial charge in [-0.15, -0.1) is 0 Å². The molecule has 1 aromatic heterocycles. The van der Waals surface area contributed by atoms with Gasteiger partial charge in [0.25, 0.3) is 0 Å². The molecule has 1 aliphatic rings. The van der Waals surface area contributed by atoms with E-state index in [9.17, 15) is 9.59 Å². The van der Waals surface area contributed by atoms with Crippen LogP contribution in [0, 0.1) is 6.92 Å². The Labute approximate surface area is 151 Å². The van der Waals surface area contributed by atoms with Gasteiger partial charge in [-0.2, -0.15) is 0 Å². The molecule has 8 heteroatoms. The molecule has 1 saturated heterocycles. The summed E-state index contributed by atoms with van der Waals surface area (Å²) in [6.45, 7) is 4.97. The van der Waals surface area contributed by atoms with E-state index in [0.717, 1.165) is 0 Å². The zero-order valence-corrected chi connectivity index (χ0v) is 14.7. The van der Waals surface area contributed by atoms with Crippen molar-refractivity contribution in [1.29, 1.82) is 0 Å². The number of amides is 2. The third kappa shape index (κ3) is 5.06. The smallest absolute Gasteiger partial charge is 0.410 e. The van der Waals surface area contributed by atoms with Gasteiger partial charge in [0, 0.05) is 45.2 Å². The molecule has 0 spiro atoms. The molecule has 2 amide bonds. The Bertz CT molecular complexity index is 739. The monoisotopic (exact) mass is 358 g/mol. The maximum absolute atomic E-state index is 12.2. The molecule has 0 unspecified atom stereocenters. The van der Waals surface area contributed by atoms with Crippen LogP contribution in [0.15, 0.2) is 40.9 Å². The van der Waals surface area contributed by atoms with Gasteiger partial charge in [0.1, 0.15) is 11.5 Å². The minimum atomic E-state index is -0.338. The van der Waals surface area contributed by atoms with Gasteiger partial charge in [-0.1, -0.05) is 23.4 Å². The van der Waals surface area contributed by atoms with E-state index in [2.05, 4.69) is 15.4 Å². The Hall–Kier alpha value is -2.87. The van der Waals surface area contributed by atoms with Crippen LogP contribution in [0.5, 0.6) is 5.75 Å². The maximum atomic E-state index is 12.2. The fraction of sp³-hybridized carbons (Fsp3) is 0.389. The highest BCUT2D eigenvalue weighted by Crippen LogP contribution is 2.12. The van der Waals surface area contributed by atoms with E-state index in [1.54, 1.807) is 30.0 Å². The number of benzene rings is 1. The third-order valence-electron chi connectivity index (χ3n) is 4.13. The lowest BCUT2D eigenvalue weighted by Gasteiger charge is -2.33.